The lowest BCUT2D eigenvalue weighted by atomic mass is 9.99. The van der Waals surface area contributed by atoms with E-state index >= 15 is 0 Å². The average Bonchev–Trinajstić information content (AvgIpc) is 3.55. The predicted octanol–water partition coefficient (Wildman–Crippen LogP) is 3.79. The number of benzene rings is 3. The van der Waals surface area contributed by atoms with E-state index < -0.39 is 12.1 Å². The first-order valence-corrected chi connectivity index (χ1v) is 14.4. The van der Waals surface area contributed by atoms with Crippen LogP contribution in [-0.4, -0.2) is 57.8 Å². The second kappa shape index (κ2) is 14.2. The van der Waals surface area contributed by atoms with Gasteiger partial charge in [-0.3, -0.25) is 14.4 Å². The number of aromatic amines is 1. The third-order valence-corrected chi connectivity index (χ3v) is 7.17. The summed E-state index contributed by atoms with van der Waals surface area (Å²) in [7, 11) is 0. The average molecular weight is 582 g/mol. The number of carbonyl (C=O) groups excluding carboxylic acids is 3. The molecule has 10 nitrogen and oxygen atoms in total. The molecule has 0 aliphatic carbocycles. The highest BCUT2D eigenvalue weighted by molar-refractivity contribution is 5.97. The molecular formula is C33H35N5O5. The molecule has 0 spiro atoms. The van der Waals surface area contributed by atoms with Gasteiger partial charge in [0.2, 0.25) is 17.7 Å². The maximum absolute atomic E-state index is 13.8. The second-order valence-corrected chi connectivity index (χ2v) is 10.3. The van der Waals surface area contributed by atoms with Gasteiger partial charge in [-0.05, 0) is 60.9 Å². The number of carbonyl (C=O) groups is 3. The molecule has 2 atom stereocenters. The molecule has 10 heteroatoms. The van der Waals surface area contributed by atoms with Gasteiger partial charge in [-0.2, -0.15) is 0 Å². The lowest BCUT2D eigenvalue weighted by Crippen LogP contribution is -2.65. The summed E-state index contributed by atoms with van der Waals surface area (Å²) < 4.78 is 11.4. The van der Waals surface area contributed by atoms with Crippen LogP contribution in [0.1, 0.15) is 30.2 Å². The molecule has 3 amide bonds. The molecule has 43 heavy (non-hydrogen) atoms. The van der Waals surface area contributed by atoms with Crippen molar-refractivity contribution >= 4 is 17.7 Å². The molecule has 1 aliphatic rings. The maximum atomic E-state index is 13.8. The lowest BCUT2D eigenvalue weighted by Gasteiger charge is -2.39. The smallest absolute Gasteiger partial charge is 0.246 e. The lowest BCUT2D eigenvalue weighted by molar-refractivity contribution is -0.150. The number of hydrogen-bond donors (Lipinski definition) is 3. The minimum absolute atomic E-state index is 0.00432. The van der Waals surface area contributed by atoms with E-state index in [1.807, 2.05) is 85.8 Å². The number of aryl methyl sites for hydroxylation is 1. The Labute approximate surface area is 250 Å². The zero-order chi connectivity index (χ0) is 30.0. The topological polar surface area (TPSA) is 126 Å². The van der Waals surface area contributed by atoms with E-state index in [1.165, 1.54) is 0 Å². The third-order valence-electron chi connectivity index (χ3n) is 7.17. The van der Waals surface area contributed by atoms with Crippen molar-refractivity contribution in [3.63, 3.8) is 0 Å². The number of piperazine rings is 1. The van der Waals surface area contributed by atoms with E-state index in [0.29, 0.717) is 25.2 Å². The van der Waals surface area contributed by atoms with Crippen LogP contribution in [0.2, 0.25) is 0 Å². The number of nitrogens with one attached hydrogen (secondary N) is 3. The summed E-state index contributed by atoms with van der Waals surface area (Å²) in [6.45, 7) is 2.68. The molecule has 1 aromatic heterocycles. The van der Waals surface area contributed by atoms with E-state index in [1.54, 1.807) is 17.4 Å². The minimum Gasteiger partial charge on any atom is -0.494 e. The Balaban J connectivity index is 1.28. The Kier molecular flexibility index (Phi) is 9.68. The van der Waals surface area contributed by atoms with E-state index in [4.69, 9.17) is 9.47 Å². The first-order chi connectivity index (χ1) is 21.0. The highest BCUT2D eigenvalue weighted by Gasteiger charge is 2.40. The van der Waals surface area contributed by atoms with Crippen LogP contribution in [0.5, 0.6) is 17.2 Å². The Hall–Kier alpha value is -5.12. The Morgan fingerprint density at radius 2 is 1.63 bits per heavy atom. The maximum Gasteiger partial charge on any atom is 0.246 e. The van der Waals surface area contributed by atoms with Crippen LogP contribution >= 0.6 is 0 Å². The monoisotopic (exact) mass is 581 g/mol. The first-order valence-electron chi connectivity index (χ1n) is 14.4. The molecule has 2 heterocycles. The van der Waals surface area contributed by atoms with E-state index in [-0.39, 0.29) is 37.2 Å². The van der Waals surface area contributed by atoms with Crippen molar-refractivity contribution in [3.8, 4) is 17.2 Å². The van der Waals surface area contributed by atoms with Gasteiger partial charge in [-0.15, -0.1) is 0 Å². The molecule has 0 saturated carbocycles. The van der Waals surface area contributed by atoms with Gasteiger partial charge in [0.1, 0.15) is 29.3 Å². The molecule has 1 saturated heterocycles. The molecular weight excluding hydrogens is 546 g/mol. The van der Waals surface area contributed by atoms with Crippen LogP contribution in [0.15, 0.2) is 91.4 Å². The fraction of sp³-hybridized carbons (Fsp3) is 0.273. The summed E-state index contributed by atoms with van der Waals surface area (Å²) in [4.78, 5) is 48.3. The molecule has 2 unspecified atom stereocenters. The van der Waals surface area contributed by atoms with E-state index in [0.717, 1.165) is 28.3 Å². The fourth-order valence-electron chi connectivity index (χ4n) is 4.93. The molecule has 3 N–H and O–H groups in total. The van der Waals surface area contributed by atoms with Crippen molar-refractivity contribution in [3.05, 3.63) is 108 Å². The molecule has 222 valence electrons. The number of rotatable bonds is 13. The van der Waals surface area contributed by atoms with Gasteiger partial charge in [0.05, 0.1) is 12.9 Å². The standard InChI is InChI=1S/C33H35N5O5/c1-2-42-26-13-8-23(9-14-26)18-29-33(41)38(21-24-10-15-28(16-11-24)43-27-6-4-3-5-7-27)30(32(40)37-29)20-35-31(39)17-12-25-19-34-22-36-25/h3-11,13-16,19,22,29-30H,2,12,17-18,20-21H2,1H3,(H,34,36)(H,35,39)(H,37,40). The number of hydrogen-bond acceptors (Lipinski definition) is 6. The summed E-state index contributed by atoms with van der Waals surface area (Å²) in [5.41, 5.74) is 2.58. The van der Waals surface area contributed by atoms with E-state index in [2.05, 4.69) is 20.6 Å². The zero-order valence-electron chi connectivity index (χ0n) is 24.0. The molecule has 5 rings (SSSR count). The number of para-hydroxylation sites is 1. The zero-order valence-corrected chi connectivity index (χ0v) is 24.0. The number of amides is 3. The Morgan fingerprint density at radius 3 is 2.33 bits per heavy atom. The highest BCUT2D eigenvalue weighted by atomic mass is 16.5. The first kappa shape index (κ1) is 29.4. The van der Waals surface area contributed by atoms with Crippen LogP contribution in [0.3, 0.4) is 0 Å². The van der Waals surface area contributed by atoms with Crippen molar-refractivity contribution in [1.29, 1.82) is 0 Å². The van der Waals surface area contributed by atoms with Gasteiger partial charge in [-0.25, -0.2) is 4.98 Å². The van der Waals surface area contributed by atoms with Gasteiger partial charge in [0.25, 0.3) is 0 Å². The normalized spacial score (nSPS) is 16.4. The van der Waals surface area contributed by atoms with Gasteiger partial charge < -0.3 is 30.0 Å². The molecule has 0 bridgehead atoms. The summed E-state index contributed by atoms with van der Waals surface area (Å²) in [5, 5.41) is 5.73. The number of nitrogens with zero attached hydrogens (tertiary/aromatic N) is 2. The van der Waals surface area contributed by atoms with Crippen LogP contribution < -0.4 is 20.1 Å². The number of imidazole rings is 1. The fourth-order valence-corrected chi connectivity index (χ4v) is 4.93. The summed E-state index contributed by atoms with van der Waals surface area (Å²) >= 11 is 0. The summed E-state index contributed by atoms with van der Waals surface area (Å²) in [6, 6.07) is 22.8. The molecule has 1 aliphatic heterocycles. The van der Waals surface area contributed by atoms with Crippen molar-refractivity contribution in [1.82, 2.24) is 25.5 Å². The SMILES string of the molecule is CCOc1ccc(CC2NC(=O)C(CNC(=O)CCc3cnc[nH]3)N(Cc3ccc(Oc4ccccc4)cc3)C2=O)cc1. The van der Waals surface area contributed by atoms with Gasteiger partial charge in [-0.1, -0.05) is 42.5 Å². The van der Waals surface area contributed by atoms with Crippen LogP contribution in [-0.2, 0) is 33.8 Å². The van der Waals surface area contributed by atoms with Crippen molar-refractivity contribution < 1.29 is 23.9 Å². The Morgan fingerprint density at radius 1 is 0.930 bits per heavy atom. The predicted molar refractivity (Wildman–Crippen MR) is 160 cm³/mol. The van der Waals surface area contributed by atoms with Crippen LogP contribution in [0.4, 0.5) is 0 Å². The van der Waals surface area contributed by atoms with Crippen molar-refractivity contribution in [2.45, 2.75) is 44.8 Å². The third kappa shape index (κ3) is 8.00. The quantitative estimate of drug-likeness (QED) is 0.221. The number of ether oxygens (including phenoxy) is 2. The molecule has 1 fully saturated rings. The largest absolute Gasteiger partial charge is 0.494 e. The van der Waals surface area contributed by atoms with Gasteiger partial charge in [0, 0.05) is 37.8 Å². The minimum atomic E-state index is -0.861. The number of aromatic nitrogens is 2. The number of H-pyrrole nitrogens is 1. The van der Waals surface area contributed by atoms with Crippen LogP contribution in [0.25, 0.3) is 0 Å². The van der Waals surface area contributed by atoms with Crippen molar-refractivity contribution in [2.75, 3.05) is 13.2 Å². The molecule has 0 radical (unpaired) electrons. The molecule has 3 aromatic carbocycles. The second-order valence-electron chi connectivity index (χ2n) is 10.3. The summed E-state index contributed by atoms with van der Waals surface area (Å²) in [6.07, 6.45) is 4.29. The van der Waals surface area contributed by atoms with E-state index in [9.17, 15) is 14.4 Å². The highest BCUT2D eigenvalue weighted by Crippen LogP contribution is 2.23. The Bertz CT molecular complexity index is 1490. The molecule has 4 aromatic rings. The van der Waals surface area contributed by atoms with Crippen molar-refractivity contribution in [2.24, 2.45) is 0 Å². The van der Waals surface area contributed by atoms with Gasteiger partial charge in [0.15, 0.2) is 0 Å². The summed E-state index contributed by atoms with van der Waals surface area (Å²) in [5.74, 6) is 1.39. The van der Waals surface area contributed by atoms with Gasteiger partial charge >= 0.3 is 0 Å². The van der Waals surface area contributed by atoms with Crippen LogP contribution in [0, 0.1) is 0 Å².